The van der Waals surface area contributed by atoms with E-state index >= 15 is 0 Å². The number of carbonyl (C=O) groups excluding carboxylic acids is 1. The molecule has 2 saturated carbocycles. The van der Waals surface area contributed by atoms with Crippen LogP contribution in [-0.2, 0) is 22.7 Å². The van der Waals surface area contributed by atoms with E-state index < -0.39 is 5.97 Å². The molecule has 2 aliphatic carbocycles. The van der Waals surface area contributed by atoms with Crippen LogP contribution in [0, 0.1) is 17.8 Å². The summed E-state index contributed by atoms with van der Waals surface area (Å²) in [5.74, 6) is 0.687. The Morgan fingerprint density at radius 1 is 1.47 bits per heavy atom. The number of amides is 1. The summed E-state index contributed by atoms with van der Waals surface area (Å²) in [4.78, 5) is 22.3. The second kappa shape index (κ2) is 4.64. The van der Waals surface area contributed by atoms with Crippen LogP contribution in [0.2, 0.25) is 0 Å². The summed E-state index contributed by atoms with van der Waals surface area (Å²) < 4.78 is 1.24. The molecule has 2 fully saturated rings. The molecule has 2 atom stereocenters. The molecule has 0 bridgehead atoms. The first-order valence-corrected chi connectivity index (χ1v) is 6.52. The van der Waals surface area contributed by atoms with Gasteiger partial charge in [-0.2, -0.15) is 0 Å². The predicted molar refractivity (Wildman–Crippen MR) is 63.8 cm³/mol. The molecule has 3 rings (SSSR count). The van der Waals surface area contributed by atoms with E-state index in [1.807, 2.05) is 0 Å². The van der Waals surface area contributed by atoms with Gasteiger partial charge >= 0.3 is 5.97 Å². The van der Waals surface area contributed by atoms with Crippen LogP contribution in [0.4, 0.5) is 0 Å². The Labute approximate surface area is 110 Å². The van der Waals surface area contributed by atoms with Gasteiger partial charge in [0.2, 0.25) is 5.91 Å². The third-order valence-electron chi connectivity index (χ3n) is 3.73. The van der Waals surface area contributed by atoms with Crippen LogP contribution in [0.5, 0.6) is 0 Å². The zero-order valence-electron chi connectivity index (χ0n) is 10.5. The van der Waals surface area contributed by atoms with Crippen LogP contribution >= 0.6 is 0 Å². The third kappa shape index (κ3) is 2.91. The molecule has 0 aromatic carbocycles. The number of aromatic nitrogens is 3. The Morgan fingerprint density at radius 3 is 2.95 bits per heavy atom. The normalized spacial score (nSPS) is 25.1. The Morgan fingerprint density at radius 2 is 2.26 bits per heavy atom. The van der Waals surface area contributed by atoms with Crippen molar-refractivity contribution in [3.8, 4) is 0 Å². The molecular weight excluding hydrogens is 248 g/mol. The van der Waals surface area contributed by atoms with Gasteiger partial charge in [-0.1, -0.05) is 5.21 Å². The Balaban J connectivity index is 1.45. The number of rotatable bonds is 6. The highest BCUT2D eigenvalue weighted by molar-refractivity contribution is 5.81. The van der Waals surface area contributed by atoms with E-state index in [-0.39, 0.29) is 18.4 Å². The van der Waals surface area contributed by atoms with Crippen LogP contribution < -0.4 is 5.32 Å². The number of carboxylic acid groups (broad SMARTS) is 1. The second-order valence-electron chi connectivity index (χ2n) is 5.36. The van der Waals surface area contributed by atoms with Crippen molar-refractivity contribution in [3.63, 3.8) is 0 Å². The summed E-state index contributed by atoms with van der Waals surface area (Å²) in [5, 5.41) is 18.9. The monoisotopic (exact) mass is 264 g/mol. The number of carboxylic acids is 1. The number of hydrogen-bond donors (Lipinski definition) is 2. The van der Waals surface area contributed by atoms with Gasteiger partial charge in [0.25, 0.3) is 0 Å². The lowest BCUT2D eigenvalue weighted by Gasteiger charge is -2.01. The molecule has 1 aromatic rings. The van der Waals surface area contributed by atoms with Crippen molar-refractivity contribution in [3.05, 3.63) is 11.9 Å². The maximum Gasteiger partial charge on any atom is 0.325 e. The van der Waals surface area contributed by atoms with Crippen LogP contribution in [0.3, 0.4) is 0 Å². The highest BCUT2D eigenvalue weighted by Crippen LogP contribution is 2.54. The van der Waals surface area contributed by atoms with Gasteiger partial charge < -0.3 is 10.4 Å². The van der Waals surface area contributed by atoms with Crippen molar-refractivity contribution in [1.82, 2.24) is 20.3 Å². The van der Waals surface area contributed by atoms with Crippen molar-refractivity contribution in [2.45, 2.75) is 32.4 Å². The molecule has 2 unspecified atom stereocenters. The van der Waals surface area contributed by atoms with Gasteiger partial charge in [0.05, 0.1) is 12.7 Å². The summed E-state index contributed by atoms with van der Waals surface area (Å²) in [5.41, 5.74) is 0.582. The fourth-order valence-corrected chi connectivity index (χ4v) is 2.51. The summed E-state index contributed by atoms with van der Waals surface area (Å²) in [6.45, 7) is 0.0969. The summed E-state index contributed by atoms with van der Waals surface area (Å²) in [6, 6.07) is 0. The number of nitrogens with one attached hydrogen (secondary N) is 1. The maximum atomic E-state index is 11.8. The molecule has 2 N–H and O–H groups in total. The molecule has 1 aromatic heterocycles. The first-order chi connectivity index (χ1) is 9.13. The number of carbonyl (C=O) groups is 2. The molecule has 0 aliphatic heterocycles. The van der Waals surface area contributed by atoms with E-state index in [0.717, 1.165) is 12.3 Å². The molecule has 7 nitrogen and oxygen atoms in total. The standard InChI is InChI=1S/C12H16N4O3/c17-11(18)6-16-5-8(14-15-16)4-13-12(19)10-3-9(10)7-1-2-7/h5,7,9-10H,1-4,6H2,(H,13,19)(H,17,18). The largest absolute Gasteiger partial charge is 0.480 e. The topological polar surface area (TPSA) is 97.1 Å². The molecule has 7 heteroatoms. The first-order valence-electron chi connectivity index (χ1n) is 6.52. The number of aliphatic carboxylic acids is 1. The van der Waals surface area contributed by atoms with E-state index in [1.165, 1.54) is 17.5 Å². The molecule has 0 spiro atoms. The van der Waals surface area contributed by atoms with E-state index in [4.69, 9.17) is 5.11 Å². The summed E-state index contributed by atoms with van der Waals surface area (Å²) in [6.07, 6.45) is 5.11. The van der Waals surface area contributed by atoms with Crippen molar-refractivity contribution in [2.75, 3.05) is 0 Å². The van der Waals surface area contributed by atoms with Gasteiger partial charge in [-0.05, 0) is 31.1 Å². The molecule has 1 amide bonds. The minimum atomic E-state index is -0.967. The van der Waals surface area contributed by atoms with Gasteiger partial charge in [-0.25, -0.2) is 4.68 Å². The highest BCUT2D eigenvalue weighted by atomic mass is 16.4. The van der Waals surface area contributed by atoms with Crippen molar-refractivity contribution in [1.29, 1.82) is 0 Å². The molecule has 1 heterocycles. The van der Waals surface area contributed by atoms with Gasteiger partial charge in [0, 0.05) is 5.92 Å². The van der Waals surface area contributed by atoms with E-state index in [9.17, 15) is 9.59 Å². The van der Waals surface area contributed by atoms with E-state index in [2.05, 4.69) is 15.6 Å². The first kappa shape index (κ1) is 12.1. The zero-order valence-corrected chi connectivity index (χ0v) is 10.5. The molecular formula is C12H16N4O3. The number of nitrogens with zero attached hydrogens (tertiary/aromatic N) is 3. The fourth-order valence-electron chi connectivity index (χ4n) is 2.51. The minimum absolute atomic E-state index is 0.0877. The lowest BCUT2D eigenvalue weighted by molar-refractivity contribution is -0.138. The maximum absolute atomic E-state index is 11.8. The quantitative estimate of drug-likeness (QED) is 0.755. The zero-order chi connectivity index (χ0) is 13.4. The predicted octanol–water partition coefficient (Wildman–Crippen LogP) is 0.0250. The molecule has 0 radical (unpaired) electrons. The molecule has 19 heavy (non-hydrogen) atoms. The molecule has 102 valence electrons. The average Bonchev–Trinajstić information content (AvgIpc) is 3.21. The van der Waals surface area contributed by atoms with Gasteiger partial charge in [0.1, 0.15) is 12.2 Å². The smallest absolute Gasteiger partial charge is 0.325 e. The molecule has 0 saturated heterocycles. The van der Waals surface area contributed by atoms with Gasteiger partial charge in [-0.15, -0.1) is 5.10 Å². The van der Waals surface area contributed by atoms with E-state index in [0.29, 0.717) is 18.2 Å². The van der Waals surface area contributed by atoms with Crippen LogP contribution in [-0.4, -0.2) is 32.0 Å². The lowest BCUT2D eigenvalue weighted by Crippen LogP contribution is -2.25. The summed E-state index contributed by atoms with van der Waals surface area (Å²) >= 11 is 0. The highest BCUT2D eigenvalue weighted by Gasteiger charge is 2.50. The lowest BCUT2D eigenvalue weighted by atomic mass is 10.2. The van der Waals surface area contributed by atoms with Crippen LogP contribution in [0.1, 0.15) is 25.0 Å². The molecule has 2 aliphatic rings. The van der Waals surface area contributed by atoms with Crippen molar-refractivity contribution >= 4 is 11.9 Å². The van der Waals surface area contributed by atoms with Crippen molar-refractivity contribution < 1.29 is 14.7 Å². The van der Waals surface area contributed by atoms with Gasteiger partial charge in [0.15, 0.2) is 0 Å². The summed E-state index contributed by atoms with van der Waals surface area (Å²) in [7, 11) is 0. The Kier molecular flexibility index (Phi) is 2.96. The average molecular weight is 264 g/mol. The van der Waals surface area contributed by atoms with Crippen LogP contribution in [0.15, 0.2) is 6.20 Å². The second-order valence-corrected chi connectivity index (χ2v) is 5.36. The van der Waals surface area contributed by atoms with Crippen LogP contribution in [0.25, 0.3) is 0 Å². The Bertz CT molecular complexity index is 509. The Hall–Kier alpha value is -1.92. The van der Waals surface area contributed by atoms with Crippen molar-refractivity contribution in [2.24, 2.45) is 17.8 Å². The fraction of sp³-hybridized carbons (Fsp3) is 0.667. The number of hydrogen-bond acceptors (Lipinski definition) is 4. The van der Waals surface area contributed by atoms with Gasteiger partial charge in [-0.3, -0.25) is 9.59 Å². The minimum Gasteiger partial charge on any atom is -0.480 e. The van der Waals surface area contributed by atoms with E-state index in [1.54, 1.807) is 6.20 Å². The third-order valence-corrected chi connectivity index (χ3v) is 3.73. The SMILES string of the molecule is O=C(O)Cn1cc(CNC(=O)C2CC2C2CC2)nn1.